The number of nitrogens with one attached hydrogen (secondary N) is 2. The Labute approximate surface area is 148 Å². The van der Waals surface area contributed by atoms with Gasteiger partial charge in [-0.3, -0.25) is 9.59 Å². The molecule has 0 spiro atoms. The lowest BCUT2D eigenvalue weighted by atomic mass is 9.88. The number of carbonyl (C=O) groups excluding carboxylic acids is 2. The Morgan fingerprint density at radius 2 is 1.88 bits per heavy atom. The Morgan fingerprint density at radius 1 is 1.20 bits per heavy atom. The highest BCUT2D eigenvalue weighted by Gasteiger charge is 2.31. The predicted molar refractivity (Wildman–Crippen MR) is 99.3 cm³/mol. The zero-order valence-electron chi connectivity index (χ0n) is 15.2. The number of aromatic nitrogens is 1. The van der Waals surface area contributed by atoms with Crippen molar-refractivity contribution in [3.05, 3.63) is 36.0 Å². The third kappa shape index (κ3) is 3.70. The molecule has 2 heterocycles. The zero-order valence-corrected chi connectivity index (χ0v) is 15.2. The number of carbonyl (C=O) groups is 2. The van der Waals surface area contributed by atoms with E-state index in [1.54, 1.807) is 0 Å². The maximum Gasteiger partial charge on any atom is 0.245 e. The Balaban J connectivity index is 1.67. The Bertz CT molecular complexity index is 757. The van der Waals surface area contributed by atoms with E-state index in [0.717, 1.165) is 25.9 Å². The van der Waals surface area contributed by atoms with Crippen LogP contribution in [0.1, 0.15) is 45.1 Å². The molecule has 5 heteroatoms. The van der Waals surface area contributed by atoms with Gasteiger partial charge in [0.15, 0.2) is 0 Å². The Hall–Kier alpha value is -2.30. The first-order valence-corrected chi connectivity index (χ1v) is 9.09. The van der Waals surface area contributed by atoms with Crippen LogP contribution in [0.25, 0.3) is 10.9 Å². The van der Waals surface area contributed by atoms with Gasteiger partial charge in [0.25, 0.3) is 0 Å². The monoisotopic (exact) mass is 341 g/mol. The summed E-state index contributed by atoms with van der Waals surface area (Å²) in [6, 6.07) is 7.93. The number of nitrogens with zero attached hydrogens (tertiary/aromatic N) is 1. The van der Waals surface area contributed by atoms with Gasteiger partial charge in [-0.2, -0.15) is 0 Å². The van der Waals surface area contributed by atoms with E-state index in [4.69, 9.17) is 0 Å². The van der Waals surface area contributed by atoms with Crippen molar-refractivity contribution in [1.29, 1.82) is 0 Å². The van der Waals surface area contributed by atoms with E-state index in [1.165, 1.54) is 23.4 Å². The van der Waals surface area contributed by atoms with Gasteiger partial charge in [0.2, 0.25) is 11.8 Å². The molecule has 1 aromatic carbocycles. The molecular weight excluding hydrogens is 314 g/mol. The van der Waals surface area contributed by atoms with Crippen LogP contribution in [0.5, 0.6) is 0 Å². The summed E-state index contributed by atoms with van der Waals surface area (Å²) in [7, 11) is 0. The molecule has 0 unspecified atom stereocenters. The average molecular weight is 341 g/mol. The van der Waals surface area contributed by atoms with Crippen molar-refractivity contribution >= 4 is 22.7 Å². The third-order valence-corrected chi connectivity index (χ3v) is 5.16. The number of likely N-dealkylation sites (tertiary alicyclic amines) is 1. The van der Waals surface area contributed by atoms with Gasteiger partial charge >= 0.3 is 0 Å². The number of fused-ring (bicyclic) bond motifs is 1. The van der Waals surface area contributed by atoms with Crippen LogP contribution >= 0.6 is 0 Å². The highest BCUT2D eigenvalue weighted by atomic mass is 16.2. The number of hydrogen-bond donors (Lipinski definition) is 2. The molecule has 5 nitrogen and oxygen atoms in total. The summed E-state index contributed by atoms with van der Waals surface area (Å²) in [6.07, 6.45) is 4.03. The quantitative estimate of drug-likeness (QED) is 0.898. The zero-order chi connectivity index (χ0) is 18.0. The Kier molecular flexibility index (Phi) is 5.11. The van der Waals surface area contributed by atoms with E-state index >= 15 is 0 Å². The van der Waals surface area contributed by atoms with Crippen LogP contribution in [0.4, 0.5) is 0 Å². The second kappa shape index (κ2) is 7.30. The van der Waals surface area contributed by atoms with Gasteiger partial charge in [0.1, 0.15) is 6.04 Å². The normalized spacial score (nSPS) is 17.0. The standard InChI is InChI=1S/C20H27N3O2/c1-13(2)19(22-14(3)24)20(25)23-10-8-15(9-11-23)17-12-21-18-7-5-4-6-16(17)18/h4-7,12-13,15,19,21H,8-11H2,1-3H3,(H,22,24)/t19-/m0/s1. The van der Waals surface area contributed by atoms with Crippen LogP contribution in [0, 0.1) is 5.92 Å². The first-order chi connectivity index (χ1) is 12.0. The van der Waals surface area contributed by atoms with Crippen molar-refractivity contribution in [1.82, 2.24) is 15.2 Å². The van der Waals surface area contributed by atoms with Crippen LogP contribution in [0.3, 0.4) is 0 Å². The summed E-state index contributed by atoms with van der Waals surface area (Å²) in [6.45, 7) is 6.89. The van der Waals surface area contributed by atoms with Crippen molar-refractivity contribution in [3.8, 4) is 0 Å². The second-order valence-electron chi connectivity index (χ2n) is 7.31. The molecule has 0 bridgehead atoms. The van der Waals surface area contributed by atoms with Crippen LogP contribution < -0.4 is 5.32 Å². The third-order valence-electron chi connectivity index (χ3n) is 5.16. The van der Waals surface area contributed by atoms with Crippen molar-refractivity contribution in [2.24, 2.45) is 5.92 Å². The van der Waals surface area contributed by atoms with Crippen molar-refractivity contribution in [3.63, 3.8) is 0 Å². The van der Waals surface area contributed by atoms with Crippen LogP contribution in [0.15, 0.2) is 30.5 Å². The first-order valence-electron chi connectivity index (χ1n) is 9.09. The van der Waals surface area contributed by atoms with Gasteiger partial charge in [0, 0.05) is 37.1 Å². The smallest absolute Gasteiger partial charge is 0.245 e. The number of H-pyrrole nitrogens is 1. The summed E-state index contributed by atoms with van der Waals surface area (Å²) in [5.41, 5.74) is 2.52. The Morgan fingerprint density at radius 3 is 2.52 bits per heavy atom. The summed E-state index contributed by atoms with van der Waals surface area (Å²) in [5, 5.41) is 4.09. The lowest BCUT2D eigenvalue weighted by Crippen LogP contribution is -2.52. The van der Waals surface area contributed by atoms with Crippen molar-refractivity contribution in [2.75, 3.05) is 13.1 Å². The van der Waals surface area contributed by atoms with Gasteiger partial charge < -0.3 is 15.2 Å². The molecule has 1 atom stereocenters. The van der Waals surface area contributed by atoms with E-state index < -0.39 is 6.04 Å². The second-order valence-corrected chi connectivity index (χ2v) is 7.31. The molecule has 1 fully saturated rings. The molecule has 1 saturated heterocycles. The van der Waals surface area contributed by atoms with E-state index in [0.29, 0.717) is 5.92 Å². The van der Waals surface area contributed by atoms with E-state index in [2.05, 4.69) is 34.7 Å². The molecule has 0 saturated carbocycles. The van der Waals surface area contributed by atoms with Crippen molar-refractivity contribution < 1.29 is 9.59 Å². The maximum atomic E-state index is 12.8. The maximum absolute atomic E-state index is 12.8. The topological polar surface area (TPSA) is 65.2 Å². The molecule has 3 rings (SSSR count). The molecule has 134 valence electrons. The summed E-state index contributed by atoms with van der Waals surface area (Å²) in [4.78, 5) is 29.4. The van der Waals surface area contributed by atoms with Gasteiger partial charge in [-0.15, -0.1) is 0 Å². The number of aromatic amines is 1. The van der Waals surface area contributed by atoms with Crippen LogP contribution in [0.2, 0.25) is 0 Å². The first kappa shape index (κ1) is 17.5. The van der Waals surface area contributed by atoms with Crippen LogP contribution in [-0.4, -0.2) is 40.8 Å². The van der Waals surface area contributed by atoms with E-state index in [-0.39, 0.29) is 17.7 Å². The molecule has 1 aliphatic heterocycles. The number of hydrogen-bond acceptors (Lipinski definition) is 2. The minimum absolute atomic E-state index is 0.0441. The summed E-state index contributed by atoms with van der Waals surface area (Å²) < 4.78 is 0. The van der Waals surface area contributed by atoms with Crippen molar-refractivity contribution in [2.45, 2.75) is 45.6 Å². The minimum Gasteiger partial charge on any atom is -0.361 e. The lowest BCUT2D eigenvalue weighted by molar-refractivity contribution is -0.138. The largest absolute Gasteiger partial charge is 0.361 e. The molecule has 2 N–H and O–H groups in total. The van der Waals surface area contributed by atoms with Gasteiger partial charge in [0.05, 0.1) is 0 Å². The summed E-state index contributed by atoms with van der Waals surface area (Å²) in [5.74, 6) is 0.449. The number of rotatable bonds is 4. The minimum atomic E-state index is -0.429. The number of benzene rings is 1. The van der Waals surface area contributed by atoms with Gasteiger partial charge in [-0.25, -0.2) is 0 Å². The average Bonchev–Trinajstić information content (AvgIpc) is 3.03. The van der Waals surface area contributed by atoms with E-state index in [1.807, 2.05) is 24.8 Å². The number of piperidine rings is 1. The van der Waals surface area contributed by atoms with Crippen LogP contribution in [-0.2, 0) is 9.59 Å². The molecule has 1 aliphatic rings. The fourth-order valence-corrected chi connectivity index (χ4v) is 3.77. The molecular formula is C20H27N3O2. The highest BCUT2D eigenvalue weighted by Crippen LogP contribution is 2.33. The molecule has 0 radical (unpaired) electrons. The molecule has 2 amide bonds. The lowest BCUT2D eigenvalue weighted by Gasteiger charge is -2.35. The predicted octanol–water partition coefficient (Wildman–Crippen LogP) is 3.03. The summed E-state index contributed by atoms with van der Waals surface area (Å²) >= 11 is 0. The SMILES string of the molecule is CC(=O)N[C@H](C(=O)N1CCC(c2c[nH]c3ccccc23)CC1)C(C)C. The highest BCUT2D eigenvalue weighted by molar-refractivity contribution is 5.87. The number of para-hydroxylation sites is 1. The molecule has 2 aromatic rings. The fraction of sp³-hybridized carbons (Fsp3) is 0.500. The number of amides is 2. The molecule has 0 aliphatic carbocycles. The van der Waals surface area contributed by atoms with Gasteiger partial charge in [-0.05, 0) is 36.3 Å². The van der Waals surface area contributed by atoms with E-state index in [9.17, 15) is 9.59 Å². The molecule has 1 aromatic heterocycles. The molecule has 25 heavy (non-hydrogen) atoms. The fourth-order valence-electron chi connectivity index (χ4n) is 3.77. The van der Waals surface area contributed by atoms with Gasteiger partial charge in [-0.1, -0.05) is 32.0 Å².